The van der Waals surface area contributed by atoms with Crippen molar-refractivity contribution in [3.63, 3.8) is 0 Å². The molecule has 0 radical (unpaired) electrons. The lowest BCUT2D eigenvalue weighted by molar-refractivity contribution is 1.27. The molecular weight excluding hydrogens is 124 g/mol. The van der Waals surface area contributed by atoms with Crippen LogP contribution >= 0.6 is 0 Å². The van der Waals surface area contributed by atoms with Crippen LogP contribution in [-0.4, -0.2) is 12.3 Å². The molecule has 0 aromatic carbocycles. The standard InChI is InChI=1S/C6H12N2.C2H6/c1-3-4-8-6(2)5-7;1-2/h3-4H,5,7H2,1-2H3;1-2H3/b4-3-,8-6?;. The number of hydrogen-bond donors (Lipinski definition) is 1. The van der Waals surface area contributed by atoms with Crippen LogP contribution in [0.25, 0.3) is 0 Å². The first-order chi connectivity index (χ1) is 4.81. The second kappa shape index (κ2) is 11.2. The summed E-state index contributed by atoms with van der Waals surface area (Å²) in [5.41, 5.74) is 6.21. The van der Waals surface area contributed by atoms with Gasteiger partial charge in [-0.2, -0.15) is 0 Å². The molecule has 0 aliphatic rings. The van der Waals surface area contributed by atoms with Crippen molar-refractivity contribution in [3.05, 3.63) is 12.3 Å². The highest BCUT2D eigenvalue weighted by Gasteiger charge is 1.77. The molecule has 0 aromatic rings. The van der Waals surface area contributed by atoms with E-state index in [1.807, 2.05) is 33.8 Å². The quantitative estimate of drug-likeness (QED) is 0.588. The molecule has 0 aliphatic heterocycles. The van der Waals surface area contributed by atoms with E-state index in [4.69, 9.17) is 5.73 Å². The lowest BCUT2D eigenvalue weighted by atomic mass is 10.4. The molecule has 10 heavy (non-hydrogen) atoms. The number of allylic oxidation sites excluding steroid dienone is 1. The van der Waals surface area contributed by atoms with Crippen molar-refractivity contribution in [2.45, 2.75) is 27.7 Å². The Hall–Kier alpha value is -0.630. The Morgan fingerprint density at radius 2 is 2.00 bits per heavy atom. The van der Waals surface area contributed by atoms with E-state index in [1.165, 1.54) is 0 Å². The van der Waals surface area contributed by atoms with Gasteiger partial charge in [0.1, 0.15) is 0 Å². The molecule has 0 bridgehead atoms. The smallest absolute Gasteiger partial charge is 0.0311 e. The fraction of sp³-hybridized carbons (Fsp3) is 0.625. The molecule has 60 valence electrons. The van der Waals surface area contributed by atoms with Crippen molar-refractivity contribution in [1.82, 2.24) is 0 Å². The summed E-state index contributed by atoms with van der Waals surface area (Å²) in [5.74, 6) is 0. The number of nitrogens with zero attached hydrogens (tertiary/aromatic N) is 1. The van der Waals surface area contributed by atoms with Gasteiger partial charge in [0, 0.05) is 18.5 Å². The maximum atomic E-state index is 5.25. The lowest BCUT2D eigenvalue weighted by Crippen LogP contribution is -2.08. The molecule has 2 nitrogen and oxygen atoms in total. The van der Waals surface area contributed by atoms with Crippen LogP contribution in [0, 0.1) is 0 Å². The number of hydrogen-bond acceptors (Lipinski definition) is 2. The Morgan fingerprint density at radius 3 is 2.30 bits per heavy atom. The van der Waals surface area contributed by atoms with Gasteiger partial charge in [-0.1, -0.05) is 19.9 Å². The average molecular weight is 142 g/mol. The number of aliphatic imine (C=N–C) groups is 1. The summed E-state index contributed by atoms with van der Waals surface area (Å²) >= 11 is 0. The zero-order valence-electron chi connectivity index (χ0n) is 7.39. The normalized spacial score (nSPS) is 11.1. The Labute approximate surface area is 63.8 Å². The van der Waals surface area contributed by atoms with Crippen molar-refractivity contribution in [2.75, 3.05) is 6.54 Å². The van der Waals surface area contributed by atoms with Crippen LogP contribution in [-0.2, 0) is 0 Å². The summed E-state index contributed by atoms with van der Waals surface area (Å²) in [5, 5.41) is 0. The van der Waals surface area contributed by atoms with Crippen molar-refractivity contribution in [3.8, 4) is 0 Å². The van der Waals surface area contributed by atoms with Crippen molar-refractivity contribution < 1.29 is 0 Å². The van der Waals surface area contributed by atoms with Crippen LogP contribution in [0.2, 0.25) is 0 Å². The van der Waals surface area contributed by atoms with E-state index in [2.05, 4.69) is 4.99 Å². The van der Waals surface area contributed by atoms with Crippen LogP contribution in [0.5, 0.6) is 0 Å². The van der Waals surface area contributed by atoms with Crippen LogP contribution in [0.1, 0.15) is 27.7 Å². The maximum absolute atomic E-state index is 5.25. The molecule has 0 rings (SSSR count). The van der Waals surface area contributed by atoms with Gasteiger partial charge in [-0.15, -0.1) is 0 Å². The molecule has 0 spiro atoms. The van der Waals surface area contributed by atoms with E-state index in [1.54, 1.807) is 6.20 Å². The molecule has 0 saturated carbocycles. The molecule has 0 heterocycles. The first kappa shape index (κ1) is 12.1. The highest BCUT2D eigenvalue weighted by molar-refractivity contribution is 5.84. The van der Waals surface area contributed by atoms with E-state index >= 15 is 0 Å². The highest BCUT2D eigenvalue weighted by Crippen LogP contribution is 1.75. The first-order valence-corrected chi connectivity index (χ1v) is 3.65. The summed E-state index contributed by atoms with van der Waals surface area (Å²) in [4.78, 5) is 3.97. The summed E-state index contributed by atoms with van der Waals surface area (Å²) in [7, 11) is 0. The second-order valence-electron chi connectivity index (χ2n) is 1.55. The van der Waals surface area contributed by atoms with Gasteiger partial charge < -0.3 is 5.73 Å². The van der Waals surface area contributed by atoms with Gasteiger partial charge in [-0.25, -0.2) is 0 Å². The topological polar surface area (TPSA) is 38.4 Å². The van der Waals surface area contributed by atoms with Crippen LogP contribution in [0.15, 0.2) is 17.3 Å². The Bertz CT molecular complexity index is 104. The fourth-order valence-electron chi connectivity index (χ4n) is 0.254. The van der Waals surface area contributed by atoms with Gasteiger partial charge in [-0.3, -0.25) is 4.99 Å². The largest absolute Gasteiger partial charge is 0.325 e. The van der Waals surface area contributed by atoms with Gasteiger partial charge in [0.25, 0.3) is 0 Å². The summed E-state index contributed by atoms with van der Waals surface area (Å²) < 4.78 is 0. The molecule has 0 saturated heterocycles. The van der Waals surface area contributed by atoms with Crippen molar-refractivity contribution in [1.29, 1.82) is 0 Å². The Balaban J connectivity index is 0. The molecule has 0 unspecified atom stereocenters. The van der Waals surface area contributed by atoms with Crippen LogP contribution in [0.4, 0.5) is 0 Å². The van der Waals surface area contributed by atoms with E-state index in [-0.39, 0.29) is 0 Å². The minimum Gasteiger partial charge on any atom is -0.325 e. The third kappa shape index (κ3) is 10.4. The molecule has 0 amide bonds. The summed E-state index contributed by atoms with van der Waals surface area (Å²) in [6, 6.07) is 0. The van der Waals surface area contributed by atoms with Crippen molar-refractivity contribution >= 4 is 5.71 Å². The van der Waals surface area contributed by atoms with E-state index in [0.717, 1.165) is 5.71 Å². The van der Waals surface area contributed by atoms with E-state index < -0.39 is 0 Å². The summed E-state index contributed by atoms with van der Waals surface area (Å²) in [6.45, 7) is 8.37. The van der Waals surface area contributed by atoms with E-state index in [0.29, 0.717) is 6.54 Å². The summed E-state index contributed by atoms with van der Waals surface area (Å²) in [6.07, 6.45) is 3.61. The minimum atomic E-state index is 0.546. The molecule has 2 N–H and O–H groups in total. The van der Waals surface area contributed by atoms with Crippen molar-refractivity contribution in [2.24, 2.45) is 10.7 Å². The highest BCUT2D eigenvalue weighted by atomic mass is 14.7. The monoisotopic (exact) mass is 142 g/mol. The zero-order valence-corrected chi connectivity index (χ0v) is 7.39. The van der Waals surface area contributed by atoms with E-state index in [9.17, 15) is 0 Å². The van der Waals surface area contributed by atoms with Gasteiger partial charge in [0.05, 0.1) is 0 Å². The minimum absolute atomic E-state index is 0.546. The zero-order chi connectivity index (χ0) is 8.41. The Morgan fingerprint density at radius 1 is 1.50 bits per heavy atom. The van der Waals surface area contributed by atoms with Gasteiger partial charge in [-0.05, 0) is 13.8 Å². The Kier molecular flexibility index (Phi) is 13.5. The van der Waals surface area contributed by atoms with Crippen LogP contribution < -0.4 is 5.73 Å². The molecule has 0 fully saturated rings. The predicted molar refractivity (Wildman–Crippen MR) is 48.3 cm³/mol. The molecule has 0 aliphatic carbocycles. The average Bonchev–Trinajstić information content (AvgIpc) is 2.04. The SMILES string of the molecule is C/C=C\N=C(C)CN.CC. The third-order valence-corrected chi connectivity index (χ3v) is 0.739. The van der Waals surface area contributed by atoms with Gasteiger partial charge in [0.2, 0.25) is 0 Å². The molecule has 0 atom stereocenters. The number of rotatable bonds is 2. The predicted octanol–water partition coefficient (Wildman–Crippen LogP) is 1.97. The number of nitrogens with two attached hydrogens (primary N) is 1. The molecule has 2 heteroatoms. The molecular formula is C8H18N2. The van der Waals surface area contributed by atoms with Gasteiger partial charge in [0.15, 0.2) is 0 Å². The lowest BCUT2D eigenvalue weighted by Gasteiger charge is -1.86. The first-order valence-electron chi connectivity index (χ1n) is 3.65. The third-order valence-electron chi connectivity index (χ3n) is 0.739. The van der Waals surface area contributed by atoms with Gasteiger partial charge >= 0.3 is 0 Å². The maximum Gasteiger partial charge on any atom is 0.0311 e. The fourth-order valence-corrected chi connectivity index (χ4v) is 0.254. The second-order valence-corrected chi connectivity index (χ2v) is 1.55. The van der Waals surface area contributed by atoms with Crippen LogP contribution in [0.3, 0.4) is 0 Å². The molecule has 0 aromatic heterocycles.